The zero-order valence-electron chi connectivity index (χ0n) is 18.0. The number of allylic oxidation sites excluding steroid dienone is 4. The van der Waals surface area contributed by atoms with E-state index in [9.17, 15) is 24.6 Å². The molecule has 0 bridgehead atoms. The summed E-state index contributed by atoms with van der Waals surface area (Å²) in [5.74, 6) is -1.27. The SMILES string of the molecule is C[C@H]1C[C@@H]2C(=CC[C@@]3(C)[C@H]2CC[C@]3(O)C(=O)C(O)CC(=O)O)[C@@]2(C)CCC(=O)C=C12. The van der Waals surface area contributed by atoms with Crippen molar-refractivity contribution in [2.75, 3.05) is 0 Å². The molecule has 0 heterocycles. The Bertz CT molecular complexity index is 871. The van der Waals surface area contributed by atoms with Crippen LogP contribution in [0, 0.1) is 28.6 Å². The number of Topliss-reactive ketones (excluding diaryl/α,β-unsaturated/α-hetero) is 1. The maximum atomic E-state index is 13.0. The normalized spacial score (nSPS) is 43.6. The highest BCUT2D eigenvalue weighted by Gasteiger charge is 2.65. The van der Waals surface area contributed by atoms with Gasteiger partial charge in [-0.05, 0) is 55.9 Å². The highest BCUT2D eigenvalue weighted by Crippen LogP contribution is 2.66. The molecule has 3 N–H and O–H groups in total. The predicted octanol–water partition coefficient (Wildman–Crippen LogP) is 2.82. The van der Waals surface area contributed by atoms with E-state index in [1.807, 2.05) is 13.0 Å². The van der Waals surface area contributed by atoms with Gasteiger partial charge in [-0.15, -0.1) is 0 Å². The number of aliphatic hydroxyl groups excluding tert-OH is 1. The van der Waals surface area contributed by atoms with Crippen molar-refractivity contribution in [1.82, 2.24) is 0 Å². The Kier molecular flexibility index (Phi) is 4.90. The lowest BCUT2D eigenvalue weighted by Crippen LogP contribution is -2.57. The van der Waals surface area contributed by atoms with Crippen LogP contribution in [-0.2, 0) is 14.4 Å². The molecule has 4 rings (SSSR count). The molecule has 0 radical (unpaired) electrons. The molecule has 30 heavy (non-hydrogen) atoms. The van der Waals surface area contributed by atoms with Crippen LogP contribution in [0.1, 0.15) is 65.7 Å². The number of carbonyl (C=O) groups is 3. The molecule has 0 spiro atoms. The van der Waals surface area contributed by atoms with E-state index in [1.54, 1.807) is 0 Å². The Labute approximate surface area is 177 Å². The van der Waals surface area contributed by atoms with Crippen LogP contribution in [0.3, 0.4) is 0 Å². The quantitative estimate of drug-likeness (QED) is 0.608. The Morgan fingerprint density at radius 2 is 1.93 bits per heavy atom. The Morgan fingerprint density at radius 3 is 2.60 bits per heavy atom. The zero-order chi connectivity index (χ0) is 22.1. The number of carboxylic acid groups (broad SMARTS) is 1. The lowest BCUT2D eigenvalue weighted by Gasteiger charge is -2.56. The average Bonchev–Trinajstić information content (AvgIpc) is 2.94. The molecule has 6 nitrogen and oxygen atoms in total. The minimum absolute atomic E-state index is 0.0851. The molecular formula is C24H32O6. The molecule has 1 unspecified atom stereocenters. The van der Waals surface area contributed by atoms with Crippen LogP contribution in [0.25, 0.3) is 0 Å². The van der Waals surface area contributed by atoms with E-state index in [0.29, 0.717) is 19.3 Å². The molecule has 0 aliphatic heterocycles. The van der Waals surface area contributed by atoms with Crippen molar-refractivity contribution in [3.63, 3.8) is 0 Å². The summed E-state index contributed by atoms with van der Waals surface area (Å²) in [6.07, 6.45) is 5.27. The van der Waals surface area contributed by atoms with Crippen LogP contribution in [0.5, 0.6) is 0 Å². The fraction of sp³-hybridized carbons (Fsp3) is 0.708. The average molecular weight is 417 g/mol. The number of hydrogen-bond acceptors (Lipinski definition) is 5. The van der Waals surface area contributed by atoms with Crippen LogP contribution in [0.4, 0.5) is 0 Å². The molecule has 4 aliphatic carbocycles. The van der Waals surface area contributed by atoms with Crippen molar-refractivity contribution in [3.05, 3.63) is 23.3 Å². The van der Waals surface area contributed by atoms with Gasteiger partial charge in [-0.2, -0.15) is 0 Å². The summed E-state index contributed by atoms with van der Waals surface area (Å²) in [7, 11) is 0. The molecule has 0 aromatic heterocycles. The van der Waals surface area contributed by atoms with Gasteiger partial charge >= 0.3 is 5.97 Å². The first-order valence-electron chi connectivity index (χ1n) is 11.1. The molecule has 4 aliphatic rings. The first kappa shape index (κ1) is 21.4. The fourth-order valence-electron chi connectivity index (χ4n) is 7.22. The van der Waals surface area contributed by atoms with E-state index < -0.39 is 35.3 Å². The summed E-state index contributed by atoms with van der Waals surface area (Å²) in [5, 5.41) is 30.6. The van der Waals surface area contributed by atoms with Gasteiger partial charge in [0.1, 0.15) is 11.7 Å². The summed E-state index contributed by atoms with van der Waals surface area (Å²) in [5.41, 5.74) is -0.0576. The maximum Gasteiger partial charge on any atom is 0.306 e. The number of ketones is 2. The number of fused-ring (bicyclic) bond motifs is 5. The number of carboxylic acids is 1. The van der Waals surface area contributed by atoms with Gasteiger partial charge in [0.2, 0.25) is 0 Å². The number of aliphatic carboxylic acids is 1. The van der Waals surface area contributed by atoms with Crippen LogP contribution in [0.15, 0.2) is 23.3 Å². The van der Waals surface area contributed by atoms with Crippen molar-refractivity contribution in [1.29, 1.82) is 0 Å². The Balaban J connectivity index is 1.71. The smallest absolute Gasteiger partial charge is 0.306 e. The van der Waals surface area contributed by atoms with Crippen LogP contribution < -0.4 is 0 Å². The standard InChI is InChI=1S/C24H32O6/c1-13-10-15-16(22(2)7-4-14(25)11-18(13)22)5-8-23(3)17(15)6-9-24(23,30)21(29)19(26)12-20(27)28/h5,11,13,15,17,19,26,30H,4,6-10,12H2,1-3H3,(H,27,28)/t13-,15+,17-,19?,22+,23-,24-/m0/s1. The van der Waals surface area contributed by atoms with Gasteiger partial charge in [0.25, 0.3) is 0 Å². The van der Waals surface area contributed by atoms with Gasteiger partial charge in [0.05, 0.1) is 6.42 Å². The summed E-state index contributed by atoms with van der Waals surface area (Å²) >= 11 is 0. The minimum Gasteiger partial charge on any atom is -0.481 e. The van der Waals surface area contributed by atoms with E-state index in [1.165, 1.54) is 11.1 Å². The van der Waals surface area contributed by atoms with Crippen molar-refractivity contribution < 1.29 is 29.7 Å². The summed E-state index contributed by atoms with van der Waals surface area (Å²) in [6, 6.07) is 0. The number of hydrogen-bond donors (Lipinski definition) is 3. The molecule has 6 heteroatoms. The second-order valence-electron chi connectivity index (χ2n) is 10.4. The van der Waals surface area contributed by atoms with Gasteiger partial charge < -0.3 is 15.3 Å². The molecular weight excluding hydrogens is 384 g/mol. The number of rotatable bonds is 4. The van der Waals surface area contributed by atoms with Crippen molar-refractivity contribution in [3.8, 4) is 0 Å². The van der Waals surface area contributed by atoms with Crippen molar-refractivity contribution in [2.45, 2.75) is 77.4 Å². The Hall–Kier alpha value is -1.79. The second kappa shape index (κ2) is 6.86. The van der Waals surface area contributed by atoms with E-state index in [4.69, 9.17) is 5.11 Å². The van der Waals surface area contributed by atoms with Gasteiger partial charge in [0.15, 0.2) is 11.6 Å². The summed E-state index contributed by atoms with van der Waals surface area (Å²) in [6.45, 7) is 6.31. The van der Waals surface area contributed by atoms with Gasteiger partial charge in [-0.3, -0.25) is 14.4 Å². The third kappa shape index (κ3) is 2.79. The zero-order valence-corrected chi connectivity index (χ0v) is 18.0. The topological polar surface area (TPSA) is 112 Å². The molecule has 0 aromatic rings. The molecule has 2 fully saturated rings. The lowest BCUT2D eigenvalue weighted by molar-refractivity contribution is -0.164. The highest BCUT2D eigenvalue weighted by molar-refractivity contribution is 5.94. The first-order chi connectivity index (χ1) is 13.9. The van der Waals surface area contributed by atoms with Gasteiger partial charge in [-0.25, -0.2) is 0 Å². The number of aliphatic hydroxyl groups is 2. The minimum atomic E-state index is -1.72. The highest BCUT2D eigenvalue weighted by atomic mass is 16.4. The van der Waals surface area contributed by atoms with E-state index >= 15 is 0 Å². The third-order valence-corrected chi connectivity index (χ3v) is 8.89. The molecule has 7 atom stereocenters. The van der Waals surface area contributed by atoms with E-state index in [-0.39, 0.29) is 35.4 Å². The molecule has 0 aromatic carbocycles. The molecule has 164 valence electrons. The molecule has 2 saturated carbocycles. The summed E-state index contributed by atoms with van der Waals surface area (Å²) < 4.78 is 0. The molecule has 0 amide bonds. The van der Waals surface area contributed by atoms with E-state index in [2.05, 4.69) is 19.9 Å². The predicted molar refractivity (Wildman–Crippen MR) is 109 cm³/mol. The maximum absolute atomic E-state index is 13.0. The second-order valence-corrected chi connectivity index (χ2v) is 10.4. The monoisotopic (exact) mass is 416 g/mol. The molecule has 0 saturated heterocycles. The van der Waals surface area contributed by atoms with Gasteiger partial charge in [-0.1, -0.05) is 38.0 Å². The first-order valence-corrected chi connectivity index (χ1v) is 11.1. The third-order valence-electron chi connectivity index (χ3n) is 8.89. The lowest BCUT2D eigenvalue weighted by atomic mass is 9.48. The largest absolute Gasteiger partial charge is 0.481 e. The van der Waals surface area contributed by atoms with Crippen molar-refractivity contribution >= 4 is 17.5 Å². The van der Waals surface area contributed by atoms with Crippen LogP contribution in [0.2, 0.25) is 0 Å². The number of carbonyl (C=O) groups excluding carboxylic acids is 2. The summed E-state index contributed by atoms with van der Waals surface area (Å²) in [4.78, 5) is 36.0. The van der Waals surface area contributed by atoms with E-state index in [0.717, 1.165) is 12.8 Å². The van der Waals surface area contributed by atoms with Crippen molar-refractivity contribution in [2.24, 2.45) is 28.6 Å². The van der Waals surface area contributed by atoms with Crippen LogP contribution >= 0.6 is 0 Å². The van der Waals surface area contributed by atoms with Crippen LogP contribution in [-0.4, -0.2) is 44.6 Å². The Morgan fingerprint density at radius 1 is 1.23 bits per heavy atom. The van der Waals surface area contributed by atoms with Gasteiger partial charge in [0, 0.05) is 17.3 Å². The fourth-order valence-corrected chi connectivity index (χ4v) is 7.22.